The second-order valence-corrected chi connectivity index (χ2v) is 7.78. The van der Waals surface area contributed by atoms with Crippen molar-refractivity contribution in [3.05, 3.63) is 0 Å². The van der Waals surface area contributed by atoms with Gasteiger partial charge in [-0.2, -0.15) is 0 Å². The van der Waals surface area contributed by atoms with Crippen LogP contribution in [-0.2, 0) is 0 Å². The van der Waals surface area contributed by atoms with Gasteiger partial charge >= 0.3 is 0 Å². The lowest BCUT2D eigenvalue weighted by Gasteiger charge is -2.29. The van der Waals surface area contributed by atoms with Gasteiger partial charge in [-0.3, -0.25) is 4.99 Å². The Labute approximate surface area is 165 Å². The summed E-state index contributed by atoms with van der Waals surface area (Å²) in [5, 5.41) is 3.51. The van der Waals surface area contributed by atoms with Crippen LogP contribution in [0.3, 0.4) is 0 Å². The highest BCUT2D eigenvalue weighted by molar-refractivity contribution is 14.0. The highest BCUT2D eigenvalue weighted by Gasteiger charge is 2.27. The monoisotopic (exact) mass is 448 g/mol. The summed E-state index contributed by atoms with van der Waals surface area (Å²) in [7, 11) is 0. The van der Waals surface area contributed by atoms with E-state index >= 15 is 0 Å². The third kappa shape index (κ3) is 6.70. The van der Waals surface area contributed by atoms with Crippen molar-refractivity contribution in [1.82, 2.24) is 15.1 Å². The topological polar surface area (TPSA) is 30.9 Å². The summed E-state index contributed by atoms with van der Waals surface area (Å²) in [5.74, 6) is 3.04. The molecule has 2 aliphatic heterocycles. The minimum Gasteiger partial charge on any atom is -0.357 e. The molecule has 0 aromatic carbocycles. The normalized spacial score (nSPS) is 25.6. The molecule has 3 rings (SSSR count). The van der Waals surface area contributed by atoms with Crippen LogP contribution in [0.2, 0.25) is 0 Å². The van der Waals surface area contributed by atoms with Crippen LogP contribution in [0.5, 0.6) is 0 Å². The number of halogens is 1. The van der Waals surface area contributed by atoms with Crippen LogP contribution >= 0.6 is 24.0 Å². The zero-order valence-electron chi connectivity index (χ0n) is 15.5. The van der Waals surface area contributed by atoms with Crippen molar-refractivity contribution in [1.29, 1.82) is 0 Å². The van der Waals surface area contributed by atoms with Crippen molar-refractivity contribution in [3.8, 4) is 0 Å². The molecular weight excluding hydrogens is 411 g/mol. The first-order valence-corrected chi connectivity index (χ1v) is 10.1. The average molecular weight is 448 g/mol. The van der Waals surface area contributed by atoms with Gasteiger partial charge in [0.05, 0.1) is 0 Å². The molecule has 0 radical (unpaired) electrons. The van der Waals surface area contributed by atoms with Crippen LogP contribution in [0.4, 0.5) is 0 Å². The number of likely N-dealkylation sites (tertiary alicyclic amines) is 2. The average Bonchev–Trinajstić information content (AvgIpc) is 3.29. The van der Waals surface area contributed by atoms with Crippen molar-refractivity contribution in [3.63, 3.8) is 0 Å². The number of piperidine rings is 1. The smallest absolute Gasteiger partial charge is 0.193 e. The molecule has 3 fully saturated rings. The van der Waals surface area contributed by atoms with Gasteiger partial charge in [0.25, 0.3) is 0 Å². The lowest BCUT2D eigenvalue weighted by Crippen LogP contribution is -2.41. The number of hydrogen-bond acceptors (Lipinski definition) is 2. The van der Waals surface area contributed by atoms with Crippen LogP contribution in [0.25, 0.3) is 0 Å². The fraction of sp³-hybridized carbons (Fsp3) is 0.947. The predicted molar refractivity (Wildman–Crippen MR) is 113 cm³/mol. The van der Waals surface area contributed by atoms with E-state index < -0.39 is 0 Å². The molecule has 0 aromatic heterocycles. The zero-order chi connectivity index (χ0) is 15.9. The Morgan fingerprint density at radius 1 is 1.04 bits per heavy atom. The molecule has 0 spiro atoms. The highest BCUT2D eigenvalue weighted by atomic mass is 127. The van der Waals surface area contributed by atoms with E-state index in [1.54, 1.807) is 0 Å². The first-order valence-electron chi connectivity index (χ1n) is 10.1. The molecule has 2 saturated heterocycles. The molecule has 1 unspecified atom stereocenters. The Kier molecular flexibility index (Phi) is 9.16. The molecule has 2 heterocycles. The van der Waals surface area contributed by atoms with Gasteiger partial charge in [-0.1, -0.05) is 19.3 Å². The number of hydrogen-bond donors (Lipinski definition) is 1. The number of rotatable bonds is 7. The van der Waals surface area contributed by atoms with E-state index in [2.05, 4.69) is 22.0 Å². The molecule has 0 aromatic rings. The molecule has 3 aliphatic rings. The molecule has 1 aliphatic carbocycles. The number of guanidine groups is 1. The molecule has 140 valence electrons. The van der Waals surface area contributed by atoms with Crippen LogP contribution in [-0.4, -0.2) is 61.6 Å². The Hall–Kier alpha value is -0.0400. The van der Waals surface area contributed by atoms with Gasteiger partial charge in [-0.15, -0.1) is 24.0 Å². The minimum atomic E-state index is 0. The maximum Gasteiger partial charge on any atom is 0.193 e. The van der Waals surface area contributed by atoms with E-state index in [-0.39, 0.29) is 24.0 Å². The molecule has 1 saturated carbocycles. The summed E-state index contributed by atoms with van der Waals surface area (Å²) in [5.41, 5.74) is 0. The quantitative estimate of drug-likeness (QED) is 0.280. The molecule has 4 nitrogen and oxygen atoms in total. The second kappa shape index (κ2) is 10.8. The summed E-state index contributed by atoms with van der Waals surface area (Å²) >= 11 is 0. The number of aliphatic imine (C=N–C) groups is 1. The number of nitrogens with zero attached hydrogens (tertiary/aromatic N) is 3. The van der Waals surface area contributed by atoms with Crippen LogP contribution in [0.15, 0.2) is 4.99 Å². The van der Waals surface area contributed by atoms with Crippen molar-refractivity contribution >= 4 is 29.9 Å². The van der Waals surface area contributed by atoms with E-state index in [0.29, 0.717) is 0 Å². The summed E-state index contributed by atoms with van der Waals surface area (Å²) in [6, 6.07) is 0. The lowest BCUT2D eigenvalue weighted by molar-refractivity contribution is 0.198. The maximum absolute atomic E-state index is 4.89. The van der Waals surface area contributed by atoms with Gasteiger partial charge < -0.3 is 15.1 Å². The van der Waals surface area contributed by atoms with Gasteiger partial charge in [0.2, 0.25) is 0 Å². The molecular formula is C19H37IN4. The molecule has 1 N–H and O–H groups in total. The summed E-state index contributed by atoms with van der Waals surface area (Å²) in [6.45, 7) is 10.5. The van der Waals surface area contributed by atoms with Crippen LogP contribution in [0, 0.1) is 11.8 Å². The second-order valence-electron chi connectivity index (χ2n) is 7.78. The first-order chi connectivity index (χ1) is 11.3. The fourth-order valence-corrected chi connectivity index (χ4v) is 4.08. The first kappa shape index (κ1) is 20.3. The van der Waals surface area contributed by atoms with E-state index in [0.717, 1.165) is 24.9 Å². The van der Waals surface area contributed by atoms with E-state index in [4.69, 9.17) is 4.99 Å². The van der Waals surface area contributed by atoms with Gasteiger partial charge in [-0.25, -0.2) is 0 Å². The third-order valence-electron chi connectivity index (χ3n) is 5.61. The lowest BCUT2D eigenvalue weighted by atomic mass is 10.1. The molecule has 0 amide bonds. The summed E-state index contributed by atoms with van der Waals surface area (Å²) in [4.78, 5) is 10.1. The van der Waals surface area contributed by atoms with E-state index in [9.17, 15) is 0 Å². The van der Waals surface area contributed by atoms with Crippen LogP contribution < -0.4 is 5.32 Å². The SMILES string of the molecule is CCNC(=NCCCC1CC1)N1CCC(CN2CCCCC2)C1.I. The Morgan fingerprint density at radius 3 is 2.54 bits per heavy atom. The van der Waals surface area contributed by atoms with E-state index in [1.165, 1.54) is 90.0 Å². The van der Waals surface area contributed by atoms with E-state index in [1.807, 2.05) is 0 Å². The number of nitrogens with one attached hydrogen (secondary N) is 1. The van der Waals surface area contributed by atoms with Gasteiger partial charge in [-0.05, 0) is 64.0 Å². The largest absolute Gasteiger partial charge is 0.357 e. The summed E-state index contributed by atoms with van der Waals surface area (Å²) in [6.07, 6.45) is 11.2. The van der Waals surface area contributed by atoms with Crippen molar-refractivity contribution in [2.45, 2.75) is 58.3 Å². The zero-order valence-corrected chi connectivity index (χ0v) is 17.8. The van der Waals surface area contributed by atoms with Gasteiger partial charge in [0.15, 0.2) is 5.96 Å². The highest BCUT2D eigenvalue weighted by Crippen LogP contribution is 2.33. The van der Waals surface area contributed by atoms with Crippen molar-refractivity contribution in [2.75, 3.05) is 45.8 Å². The maximum atomic E-state index is 4.89. The molecule has 5 heteroatoms. The van der Waals surface area contributed by atoms with Gasteiger partial charge in [0.1, 0.15) is 0 Å². The minimum absolute atomic E-state index is 0. The molecule has 24 heavy (non-hydrogen) atoms. The van der Waals surface area contributed by atoms with Crippen molar-refractivity contribution in [2.24, 2.45) is 16.8 Å². The Balaban J connectivity index is 0.00000208. The predicted octanol–water partition coefficient (Wildman–Crippen LogP) is 3.57. The molecule has 0 bridgehead atoms. The fourth-order valence-electron chi connectivity index (χ4n) is 4.08. The Morgan fingerprint density at radius 2 is 1.83 bits per heavy atom. The standard InChI is InChI=1S/C19H36N4.HI/c1-2-20-19(21-11-6-7-17-8-9-17)23-14-10-18(16-23)15-22-12-4-3-5-13-22;/h17-18H,2-16H2,1H3,(H,20,21);1H. The molecule has 1 atom stereocenters. The van der Waals surface area contributed by atoms with Crippen LogP contribution in [0.1, 0.15) is 58.3 Å². The summed E-state index contributed by atoms with van der Waals surface area (Å²) < 4.78 is 0. The van der Waals surface area contributed by atoms with Crippen molar-refractivity contribution < 1.29 is 0 Å². The Bertz CT molecular complexity index is 378. The van der Waals surface area contributed by atoms with Gasteiger partial charge in [0, 0.05) is 32.7 Å². The third-order valence-corrected chi connectivity index (χ3v) is 5.61.